The van der Waals surface area contributed by atoms with Gasteiger partial charge in [-0.1, -0.05) is 0 Å². The molecule has 5 heteroatoms. The van der Waals surface area contributed by atoms with E-state index < -0.39 is 0 Å². The molecule has 2 rings (SSSR count). The first-order chi connectivity index (χ1) is 10.5. The number of aromatic nitrogens is 1. The van der Waals surface area contributed by atoms with Gasteiger partial charge in [0.2, 0.25) is 5.75 Å². The molecule has 22 heavy (non-hydrogen) atoms. The molecule has 0 aliphatic carbocycles. The van der Waals surface area contributed by atoms with Crippen molar-refractivity contribution in [1.29, 1.82) is 0 Å². The number of hydrogen-bond acceptors (Lipinski definition) is 5. The van der Waals surface area contributed by atoms with E-state index in [9.17, 15) is 4.79 Å². The molecule has 5 nitrogen and oxygen atoms in total. The van der Waals surface area contributed by atoms with Gasteiger partial charge < -0.3 is 14.2 Å². The van der Waals surface area contributed by atoms with Crippen LogP contribution < -0.4 is 14.2 Å². The molecule has 0 aliphatic rings. The van der Waals surface area contributed by atoms with Crippen LogP contribution in [-0.2, 0) is 0 Å². The zero-order chi connectivity index (χ0) is 16.3. The van der Waals surface area contributed by atoms with Crippen molar-refractivity contribution >= 4 is 5.78 Å². The summed E-state index contributed by atoms with van der Waals surface area (Å²) in [5.41, 5.74) is 2.78. The van der Waals surface area contributed by atoms with E-state index in [1.807, 2.05) is 13.0 Å². The summed E-state index contributed by atoms with van der Waals surface area (Å²) in [5, 5.41) is 0. The second-order valence-electron chi connectivity index (χ2n) is 4.77. The highest BCUT2D eigenvalue weighted by atomic mass is 16.5. The molecule has 0 aliphatic heterocycles. The van der Waals surface area contributed by atoms with Crippen LogP contribution in [0, 0.1) is 6.92 Å². The van der Waals surface area contributed by atoms with Gasteiger partial charge in [0.15, 0.2) is 17.3 Å². The third-order valence-electron chi connectivity index (χ3n) is 3.45. The number of methoxy groups -OCH3 is 3. The Balaban J connectivity index is 2.62. The van der Waals surface area contributed by atoms with Crippen LogP contribution in [0.2, 0.25) is 0 Å². The van der Waals surface area contributed by atoms with Gasteiger partial charge in [-0.2, -0.15) is 0 Å². The zero-order valence-corrected chi connectivity index (χ0v) is 13.4. The fourth-order valence-electron chi connectivity index (χ4n) is 2.39. The average Bonchev–Trinajstić information content (AvgIpc) is 2.52. The van der Waals surface area contributed by atoms with Crippen molar-refractivity contribution in [2.24, 2.45) is 0 Å². The summed E-state index contributed by atoms with van der Waals surface area (Å²) in [4.78, 5) is 16.0. The highest BCUT2D eigenvalue weighted by molar-refractivity contribution is 5.95. The molecule has 0 unspecified atom stereocenters. The molecule has 0 atom stereocenters. The summed E-state index contributed by atoms with van der Waals surface area (Å²) in [5.74, 6) is 1.64. The van der Waals surface area contributed by atoms with E-state index in [4.69, 9.17) is 14.2 Å². The van der Waals surface area contributed by atoms with Crippen molar-refractivity contribution in [2.45, 2.75) is 13.8 Å². The maximum absolute atomic E-state index is 11.5. The Morgan fingerprint density at radius 1 is 0.955 bits per heavy atom. The van der Waals surface area contributed by atoms with Gasteiger partial charge in [-0.3, -0.25) is 9.78 Å². The number of nitrogens with zero attached hydrogens (tertiary/aromatic N) is 1. The van der Waals surface area contributed by atoms with Crippen molar-refractivity contribution in [3.63, 3.8) is 0 Å². The SMILES string of the molecule is COc1ccc(-c2ccc(C(C)=O)c(C)n2)c(OC)c1OC. The second-order valence-corrected chi connectivity index (χ2v) is 4.77. The van der Waals surface area contributed by atoms with Crippen LogP contribution in [0.5, 0.6) is 17.2 Å². The second kappa shape index (κ2) is 6.47. The highest BCUT2D eigenvalue weighted by Crippen LogP contribution is 2.43. The normalized spacial score (nSPS) is 10.2. The predicted octanol–water partition coefficient (Wildman–Crippen LogP) is 3.29. The molecule has 0 amide bonds. The van der Waals surface area contributed by atoms with E-state index in [1.165, 1.54) is 6.92 Å². The Bertz CT molecular complexity index is 710. The first-order valence-electron chi connectivity index (χ1n) is 6.81. The van der Waals surface area contributed by atoms with Gasteiger partial charge >= 0.3 is 0 Å². The van der Waals surface area contributed by atoms with E-state index in [0.29, 0.717) is 34.2 Å². The number of rotatable bonds is 5. The lowest BCUT2D eigenvalue weighted by molar-refractivity contribution is 0.101. The minimum Gasteiger partial charge on any atom is -0.493 e. The number of carbonyl (C=O) groups excluding carboxylic acids is 1. The average molecular weight is 301 g/mol. The van der Waals surface area contributed by atoms with E-state index in [2.05, 4.69) is 4.98 Å². The smallest absolute Gasteiger partial charge is 0.203 e. The lowest BCUT2D eigenvalue weighted by atomic mass is 10.1. The fourth-order valence-corrected chi connectivity index (χ4v) is 2.39. The predicted molar refractivity (Wildman–Crippen MR) is 84.1 cm³/mol. The lowest BCUT2D eigenvalue weighted by Crippen LogP contribution is -2.01. The van der Waals surface area contributed by atoms with Gasteiger partial charge in [0.1, 0.15) is 0 Å². The van der Waals surface area contributed by atoms with Crippen LogP contribution in [0.3, 0.4) is 0 Å². The summed E-state index contributed by atoms with van der Waals surface area (Å²) < 4.78 is 16.1. The maximum Gasteiger partial charge on any atom is 0.203 e. The number of hydrogen-bond donors (Lipinski definition) is 0. The van der Waals surface area contributed by atoms with Gasteiger partial charge in [-0.25, -0.2) is 0 Å². The number of ketones is 1. The number of pyridine rings is 1. The molecule has 0 N–H and O–H groups in total. The number of carbonyl (C=O) groups is 1. The van der Waals surface area contributed by atoms with Crippen LogP contribution in [0.15, 0.2) is 24.3 Å². The molecule has 0 fully saturated rings. The van der Waals surface area contributed by atoms with Crippen LogP contribution in [0.4, 0.5) is 0 Å². The van der Waals surface area contributed by atoms with Crippen LogP contribution in [-0.4, -0.2) is 32.1 Å². The third-order valence-corrected chi connectivity index (χ3v) is 3.45. The first kappa shape index (κ1) is 15.8. The topological polar surface area (TPSA) is 57.7 Å². The van der Waals surface area contributed by atoms with Crippen molar-refractivity contribution in [1.82, 2.24) is 4.98 Å². The van der Waals surface area contributed by atoms with Crippen LogP contribution >= 0.6 is 0 Å². The fraction of sp³-hybridized carbons (Fsp3) is 0.294. The van der Waals surface area contributed by atoms with Crippen molar-refractivity contribution in [3.8, 4) is 28.5 Å². The standard InChI is InChI=1S/C17H19NO4/c1-10-12(11(2)19)6-8-14(18-10)13-7-9-15(20-3)17(22-5)16(13)21-4/h6-9H,1-5H3. The minimum absolute atomic E-state index is 0.00386. The highest BCUT2D eigenvalue weighted by Gasteiger charge is 2.18. The number of ether oxygens (including phenoxy) is 3. The monoisotopic (exact) mass is 301 g/mol. The summed E-state index contributed by atoms with van der Waals surface area (Å²) >= 11 is 0. The van der Waals surface area contributed by atoms with Crippen molar-refractivity contribution in [2.75, 3.05) is 21.3 Å². The summed E-state index contributed by atoms with van der Waals surface area (Å²) in [6.45, 7) is 3.34. The first-order valence-corrected chi connectivity index (χ1v) is 6.81. The minimum atomic E-state index is -0.00386. The molecule has 0 saturated heterocycles. The molecule has 1 aromatic carbocycles. The van der Waals surface area contributed by atoms with Crippen LogP contribution in [0.25, 0.3) is 11.3 Å². The quantitative estimate of drug-likeness (QED) is 0.793. The molecular weight excluding hydrogens is 282 g/mol. The third kappa shape index (κ3) is 2.74. The van der Waals surface area contributed by atoms with Gasteiger partial charge in [0.05, 0.1) is 27.0 Å². The van der Waals surface area contributed by atoms with E-state index in [1.54, 1.807) is 39.5 Å². The Labute approximate surface area is 129 Å². The number of benzene rings is 1. The van der Waals surface area contributed by atoms with Gasteiger partial charge in [-0.15, -0.1) is 0 Å². The summed E-state index contributed by atoms with van der Waals surface area (Å²) in [6, 6.07) is 7.23. The maximum atomic E-state index is 11.5. The number of Topliss-reactive ketones (excluding diaryl/α,β-unsaturated/α-hetero) is 1. The molecule has 0 bridgehead atoms. The zero-order valence-electron chi connectivity index (χ0n) is 13.4. The Kier molecular flexibility index (Phi) is 4.65. The van der Waals surface area contributed by atoms with E-state index in [-0.39, 0.29) is 5.78 Å². The summed E-state index contributed by atoms with van der Waals surface area (Å²) in [7, 11) is 4.69. The van der Waals surface area contributed by atoms with Crippen LogP contribution in [0.1, 0.15) is 23.0 Å². The van der Waals surface area contributed by atoms with Gasteiger partial charge in [-0.05, 0) is 38.1 Å². The molecule has 1 aromatic heterocycles. The van der Waals surface area contributed by atoms with Gasteiger partial charge in [0, 0.05) is 16.8 Å². The molecule has 1 heterocycles. The molecular formula is C17H19NO4. The molecule has 2 aromatic rings. The Morgan fingerprint density at radius 3 is 2.14 bits per heavy atom. The Morgan fingerprint density at radius 2 is 1.64 bits per heavy atom. The molecule has 0 radical (unpaired) electrons. The van der Waals surface area contributed by atoms with Crippen molar-refractivity contribution in [3.05, 3.63) is 35.5 Å². The number of aryl methyl sites for hydroxylation is 1. The van der Waals surface area contributed by atoms with Crippen molar-refractivity contribution < 1.29 is 19.0 Å². The van der Waals surface area contributed by atoms with E-state index in [0.717, 1.165) is 5.56 Å². The molecule has 116 valence electrons. The van der Waals surface area contributed by atoms with E-state index >= 15 is 0 Å². The largest absolute Gasteiger partial charge is 0.493 e. The van der Waals surface area contributed by atoms with Gasteiger partial charge in [0.25, 0.3) is 0 Å². The molecule has 0 spiro atoms. The lowest BCUT2D eigenvalue weighted by Gasteiger charge is -2.16. The Hall–Kier alpha value is -2.56. The summed E-state index contributed by atoms with van der Waals surface area (Å²) in [6.07, 6.45) is 0. The molecule has 0 saturated carbocycles.